The summed E-state index contributed by atoms with van der Waals surface area (Å²) < 4.78 is 18.8. The van der Waals surface area contributed by atoms with Crippen molar-refractivity contribution in [3.8, 4) is 0 Å². The Morgan fingerprint density at radius 2 is 1.50 bits per heavy atom. The second-order valence-electron chi connectivity index (χ2n) is 1.93. The van der Waals surface area contributed by atoms with Gasteiger partial charge >= 0.3 is 13.3 Å². The van der Waals surface area contributed by atoms with E-state index in [0.717, 1.165) is 0 Å². The topological polar surface area (TPSA) is 77.4 Å². The van der Waals surface area contributed by atoms with E-state index in [9.17, 15) is 0 Å². The van der Waals surface area contributed by atoms with Gasteiger partial charge in [-0.15, -0.1) is 0 Å². The van der Waals surface area contributed by atoms with E-state index in [1.807, 2.05) is 0 Å². The van der Waals surface area contributed by atoms with E-state index in [1.165, 1.54) is 21.3 Å². The van der Waals surface area contributed by atoms with Gasteiger partial charge in [0.1, 0.15) is 6.61 Å². The van der Waals surface area contributed by atoms with Gasteiger partial charge in [-0.2, -0.15) is 0 Å². The first-order chi connectivity index (χ1) is 5.60. The van der Waals surface area contributed by atoms with E-state index in [-0.39, 0.29) is 6.61 Å². The molecule has 0 saturated carbocycles. The predicted octanol–water partition coefficient (Wildman–Crippen LogP) is -1.43. The Kier molecular flexibility index (Phi) is 5.39. The Labute approximate surface area is 71.2 Å². The average Bonchev–Trinajstić information content (AvgIpc) is 2.08. The lowest BCUT2D eigenvalue weighted by molar-refractivity contribution is -0.363. The largest absolute Gasteiger partial charge is 0.634 e. The van der Waals surface area contributed by atoms with Crippen LogP contribution in [0.15, 0.2) is 0 Å². The average molecular weight is 180 g/mol. The van der Waals surface area contributed by atoms with Crippen LogP contribution in [0.25, 0.3) is 0 Å². The van der Waals surface area contributed by atoms with Gasteiger partial charge < -0.3 is 28.9 Å². The molecule has 0 aliphatic carbocycles. The number of hydrogen-bond donors (Lipinski definition) is 2. The molecule has 6 nitrogen and oxygen atoms in total. The summed E-state index contributed by atoms with van der Waals surface area (Å²) in [5.41, 5.74) is 0. The predicted molar refractivity (Wildman–Crippen MR) is 39.9 cm³/mol. The molecule has 0 saturated heterocycles. The number of hydrogen-bond acceptors (Lipinski definition) is 6. The maximum absolute atomic E-state index is 8.37. The lowest BCUT2D eigenvalue weighted by Crippen LogP contribution is -2.43. The van der Waals surface area contributed by atoms with Crippen molar-refractivity contribution < 1.29 is 28.9 Å². The molecule has 0 radical (unpaired) electrons. The van der Waals surface area contributed by atoms with E-state index in [2.05, 4.69) is 4.65 Å². The van der Waals surface area contributed by atoms with Crippen LogP contribution in [0.2, 0.25) is 0 Å². The van der Waals surface area contributed by atoms with Crippen LogP contribution >= 0.6 is 0 Å². The molecule has 2 N–H and O–H groups in total. The van der Waals surface area contributed by atoms with Crippen molar-refractivity contribution in [1.82, 2.24) is 0 Å². The molecule has 0 fully saturated rings. The number of ether oxygens (including phenoxy) is 3. The van der Waals surface area contributed by atoms with Crippen molar-refractivity contribution in [3.63, 3.8) is 0 Å². The third-order valence-electron chi connectivity index (χ3n) is 1.34. The lowest BCUT2D eigenvalue weighted by Gasteiger charge is -2.28. The minimum Gasteiger partial charge on any atom is -0.402 e. The zero-order chi connectivity index (χ0) is 9.61. The van der Waals surface area contributed by atoms with E-state index < -0.39 is 13.3 Å². The first-order valence-electron chi connectivity index (χ1n) is 3.23. The third-order valence-corrected chi connectivity index (χ3v) is 1.34. The van der Waals surface area contributed by atoms with Gasteiger partial charge in [-0.1, -0.05) is 0 Å². The van der Waals surface area contributed by atoms with Crippen LogP contribution in [0.4, 0.5) is 0 Å². The van der Waals surface area contributed by atoms with Gasteiger partial charge in [0.05, 0.1) is 0 Å². The van der Waals surface area contributed by atoms with Crippen LogP contribution in [-0.4, -0.2) is 51.3 Å². The fourth-order valence-electron chi connectivity index (χ4n) is 0.603. The summed E-state index contributed by atoms with van der Waals surface area (Å²) in [6, 6.07) is 0. The molecular weight excluding hydrogens is 167 g/mol. The van der Waals surface area contributed by atoms with E-state index in [4.69, 9.17) is 24.3 Å². The Morgan fingerprint density at radius 1 is 1.08 bits per heavy atom. The van der Waals surface area contributed by atoms with Gasteiger partial charge in [-0.25, -0.2) is 0 Å². The van der Waals surface area contributed by atoms with Gasteiger partial charge in [0, 0.05) is 21.3 Å². The molecule has 72 valence electrons. The highest BCUT2D eigenvalue weighted by atomic mass is 16.9. The minimum absolute atomic E-state index is 0.242. The van der Waals surface area contributed by atoms with Gasteiger partial charge in [0.2, 0.25) is 0 Å². The second kappa shape index (κ2) is 5.47. The van der Waals surface area contributed by atoms with Crippen LogP contribution < -0.4 is 0 Å². The molecule has 0 heterocycles. The Bertz CT molecular complexity index is 106. The molecule has 0 rings (SSSR count). The fraction of sp³-hybridized carbons (Fsp3) is 1.00. The highest BCUT2D eigenvalue weighted by Gasteiger charge is 2.31. The molecule has 0 aliphatic rings. The van der Waals surface area contributed by atoms with Gasteiger partial charge in [-0.05, 0) is 0 Å². The van der Waals surface area contributed by atoms with E-state index in [0.29, 0.717) is 0 Å². The summed E-state index contributed by atoms with van der Waals surface area (Å²) in [6.07, 6.45) is 0. The molecule has 0 atom stereocenters. The molecule has 0 aliphatic heterocycles. The molecule has 12 heavy (non-hydrogen) atoms. The monoisotopic (exact) mass is 180 g/mol. The summed E-state index contributed by atoms with van der Waals surface area (Å²) in [4.78, 5) is 0. The van der Waals surface area contributed by atoms with Crippen molar-refractivity contribution in [1.29, 1.82) is 0 Å². The lowest BCUT2D eigenvalue weighted by atomic mass is 10.2. The smallest absolute Gasteiger partial charge is 0.402 e. The van der Waals surface area contributed by atoms with Crippen LogP contribution in [0.3, 0.4) is 0 Å². The summed E-state index contributed by atoms with van der Waals surface area (Å²) in [5, 5.41) is 16.7. The SMILES string of the molecule is COC(COB(O)O)(OC)OC. The first kappa shape index (κ1) is 11.8. The molecule has 0 amide bonds. The van der Waals surface area contributed by atoms with Crippen molar-refractivity contribution in [3.05, 3.63) is 0 Å². The van der Waals surface area contributed by atoms with Crippen LogP contribution in [0.5, 0.6) is 0 Å². The Balaban J connectivity index is 3.93. The second-order valence-corrected chi connectivity index (χ2v) is 1.93. The highest BCUT2D eigenvalue weighted by Crippen LogP contribution is 2.11. The Hall–Kier alpha value is -0.175. The van der Waals surface area contributed by atoms with E-state index in [1.54, 1.807) is 0 Å². The van der Waals surface area contributed by atoms with Gasteiger partial charge in [0.15, 0.2) is 0 Å². The fourth-order valence-corrected chi connectivity index (χ4v) is 0.603. The zero-order valence-corrected chi connectivity index (χ0v) is 7.31. The molecule has 0 aromatic carbocycles. The maximum Gasteiger partial charge on any atom is 0.634 e. The number of methoxy groups -OCH3 is 3. The molecule has 0 unspecified atom stereocenters. The van der Waals surface area contributed by atoms with Gasteiger partial charge in [-0.3, -0.25) is 0 Å². The molecular formula is C5H13BO6. The van der Waals surface area contributed by atoms with Gasteiger partial charge in [0.25, 0.3) is 0 Å². The summed E-state index contributed by atoms with van der Waals surface area (Å²) in [5.74, 6) is -1.39. The third kappa shape index (κ3) is 3.48. The van der Waals surface area contributed by atoms with Crippen molar-refractivity contribution in [2.45, 2.75) is 5.97 Å². The summed E-state index contributed by atoms with van der Waals surface area (Å²) in [7, 11) is 2.17. The molecule has 0 aromatic heterocycles. The highest BCUT2D eigenvalue weighted by molar-refractivity contribution is 6.32. The first-order valence-corrected chi connectivity index (χ1v) is 3.23. The molecule has 7 heteroatoms. The quantitative estimate of drug-likeness (QED) is 0.385. The van der Waals surface area contributed by atoms with Crippen LogP contribution in [-0.2, 0) is 18.9 Å². The summed E-state index contributed by atoms with van der Waals surface area (Å²) >= 11 is 0. The van der Waals surface area contributed by atoms with Crippen molar-refractivity contribution in [2.75, 3.05) is 27.9 Å². The van der Waals surface area contributed by atoms with Crippen molar-refractivity contribution in [2.24, 2.45) is 0 Å². The van der Waals surface area contributed by atoms with Crippen molar-refractivity contribution >= 4 is 7.32 Å². The molecule has 0 bridgehead atoms. The van der Waals surface area contributed by atoms with Crippen LogP contribution in [0, 0.1) is 0 Å². The molecule has 0 aromatic rings. The normalized spacial score (nSPS) is 11.8. The molecule has 0 spiro atoms. The summed E-state index contributed by atoms with van der Waals surface area (Å²) in [6.45, 7) is -0.242. The van der Waals surface area contributed by atoms with Crippen LogP contribution in [0.1, 0.15) is 0 Å². The maximum atomic E-state index is 8.37. The minimum atomic E-state index is -1.87. The Morgan fingerprint density at radius 3 is 1.75 bits per heavy atom. The standard InChI is InChI=1S/C5H13BO6/c1-9-5(10-2,11-3)4-12-6(7)8/h7-8H,4H2,1-3H3. The van der Waals surface area contributed by atoms with E-state index >= 15 is 0 Å². The zero-order valence-electron chi connectivity index (χ0n) is 7.31. The number of rotatable bonds is 6.